The zero-order valence-corrected chi connectivity index (χ0v) is 14.3. The van der Waals surface area contributed by atoms with E-state index in [9.17, 15) is 22.8 Å². The Kier molecular flexibility index (Phi) is 4.16. The number of aromatic amines is 1. The Labute approximate surface area is 152 Å². The molecule has 9 heteroatoms. The predicted molar refractivity (Wildman–Crippen MR) is 92.8 cm³/mol. The average molecular weight is 378 g/mol. The van der Waals surface area contributed by atoms with Crippen molar-refractivity contribution in [2.24, 2.45) is 0 Å². The van der Waals surface area contributed by atoms with Crippen LogP contribution >= 0.6 is 0 Å². The molecular weight excluding hydrogens is 361 g/mol. The lowest BCUT2D eigenvalue weighted by molar-refractivity contribution is -0.138. The number of amides is 1. The van der Waals surface area contributed by atoms with Crippen molar-refractivity contribution in [1.29, 1.82) is 0 Å². The molecule has 1 saturated heterocycles. The number of fused-ring (bicyclic) bond motifs is 1. The van der Waals surface area contributed by atoms with Crippen LogP contribution in [-0.2, 0) is 11.0 Å². The molecular formula is C18H17F3N4O2. The van der Waals surface area contributed by atoms with Crippen LogP contribution in [0.25, 0.3) is 0 Å². The first-order valence-corrected chi connectivity index (χ1v) is 8.69. The maximum Gasteiger partial charge on any atom is 0.416 e. The molecule has 142 valence electrons. The lowest BCUT2D eigenvalue weighted by atomic mass is 9.84. The fraction of sp³-hybridized carbons (Fsp3) is 0.389. The van der Waals surface area contributed by atoms with Crippen LogP contribution in [0.3, 0.4) is 0 Å². The van der Waals surface area contributed by atoms with E-state index < -0.39 is 29.1 Å². The third-order valence-electron chi connectivity index (χ3n) is 4.99. The van der Waals surface area contributed by atoms with Gasteiger partial charge in [0, 0.05) is 25.4 Å². The van der Waals surface area contributed by atoms with Crippen molar-refractivity contribution in [3.8, 4) is 0 Å². The quantitative estimate of drug-likeness (QED) is 0.842. The van der Waals surface area contributed by atoms with Crippen molar-refractivity contribution in [2.75, 3.05) is 23.3 Å². The maximum atomic E-state index is 13.4. The number of nitrogens with zero attached hydrogens (tertiary/aromatic N) is 2. The van der Waals surface area contributed by atoms with Gasteiger partial charge in [-0.2, -0.15) is 18.2 Å². The minimum absolute atomic E-state index is 0.0406. The molecule has 0 saturated carbocycles. The summed E-state index contributed by atoms with van der Waals surface area (Å²) in [5.74, 6) is -1.09. The Bertz CT molecular complexity index is 948. The van der Waals surface area contributed by atoms with Crippen LogP contribution in [0.4, 0.5) is 24.9 Å². The van der Waals surface area contributed by atoms with Crippen molar-refractivity contribution in [3.05, 3.63) is 51.3 Å². The van der Waals surface area contributed by atoms with Crippen LogP contribution in [0.5, 0.6) is 0 Å². The van der Waals surface area contributed by atoms with Gasteiger partial charge in [-0.3, -0.25) is 14.6 Å². The molecule has 2 N–H and O–H groups in total. The Hall–Kier alpha value is -2.84. The molecule has 1 aromatic carbocycles. The van der Waals surface area contributed by atoms with E-state index >= 15 is 0 Å². The summed E-state index contributed by atoms with van der Waals surface area (Å²) in [5.41, 5.74) is -1.40. The number of H-pyrrole nitrogens is 1. The first kappa shape index (κ1) is 17.6. The minimum atomic E-state index is -4.58. The summed E-state index contributed by atoms with van der Waals surface area (Å²) in [4.78, 5) is 33.8. The fourth-order valence-corrected chi connectivity index (χ4v) is 3.76. The van der Waals surface area contributed by atoms with Crippen molar-refractivity contribution in [3.63, 3.8) is 0 Å². The second-order valence-electron chi connectivity index (χ2n) is 6.74. The molecule has 1 aromatic heterocycles. The van der Waals surface area contributed by atoms with Crippen LogP contribution in [0.2, 0.25) is 0 Å². The summed E-state index contributed by atoms with van der Waals surface area (Å²) < 4.78 is 40.3. The first-order valence-electron chi connectivity index (χ1n) is 8.69. The van der Waals surface area contributed by atoms with E-state index in [1.807, 2.05) is 4.90 Å². The second-order valence-corrected chi connectivity index (χ2v) is 6.74. The number of anilines is 2. The van der Waals surface area contributed by atoms with Crippen molar-refractivity contribution >= 4 is 17.7 Å². The number of benzene rings is 1. The Morgan fingerprint density at radius 3 is 2.52 bits per heavy atom. The molecule has 6 nitrogen and oxygen atoms in total. The molecule has 2 aliphatic rings. The topological polar surface area (TPSA) is 78.1 Å². The van der Waals surface area contributed by atoms with E-state index in [1.54, 1.807) is 0 Å². The van der Waals surface area contributed by atoms with Gasteiger partial charge in [-0.25, -0.2) is 0 Å². The highest BCUT2D eigenvalue weighted by atomic mass is 19.4. The molecule has 0 aliphatic carbocycles. The smallest absolute Gasteiger partial charge is 0.342 e. The number of aromatic nitrogens is 2. The van der Waals surface area contributed by atoms with E-state index in [1.165, 1.54) is 18.2 Å². The first-order chi connectivity index (χ1) is 12.8. The molecule has 2 aromatic rings. The Morgan fingerprint density at radius 1 is 1.11 bits per heavy atom. The maximum absolute atomic E-state index is 13.4. The molecule has 27 heavy (non-hydrogen) atoms. The van der Waals surface area contributed by atoms with Gasteiger partial charge in [0.05, 0.1) is 11.1 Å². The molecule has 1 unspecified atom stereocenters. The number of hydrogen-bond acceptors (Lipinski definition) is 4. The third-order valence-corrected chi connectivity index (χ3v) is 4.99. The largest absolute Gasteiger partial charge is 0.416 e. The van der Waals surface area contributed by atoms with Gasteiger partial charge in [0.2, 0.25) is 11.9 Å². The number of alkyl halides is 3. The van der Waals surface area contributed by atoms with E-state index in [-0.39, 0.29) is 23.4 Å². The monoisotopic (exact) mass is 378 g/mol. The van der Waals surface area contributed by atoms with Gasteiger partial charge < -0.3 is 10.2 Å². The fourth-order valence-electron chi connectivity index (χ4n) is 3.76. The number of carbonyl (C=O) groups is 1. The molecule has 0 spiro atoms. The summed E-state index contributed by atoms with van der Waals surface area (Å²) >= 11 is 0. The summed E-state index contributed by atoms with van der Waals surface area (Å²) in [6.45, 7) is 1.46. The predicted octanol–water partition coefficient (Wildman–Crippen LogP) is 2.86. The molecule has 1 amide bonds. The summed E-state index contributed by atoms with van der Waals surface area (Å²) in [5, 5.41) is 2.54. The minimum Gasteiger partial charge on any atom is -0.342 e. The van der Waals surface area contributed by atoms with E-state index in [0.717, 1.165) is 32.0 Å². The average Bonchev–Trinajstić information content (AvgIpc) is 3.14. The number of halogens is 3. The summed E-state index contributed by atoms with van der Waals surface area (Å²) in [6, 6.07) is 5.03. The van der Waals surface area contributed by atoms with Gasteiger partial charge in [-0.1, -0.05) is 18.2 Å². The van der Waals surface area contributed by atoms with Gasteiger partial charge in [0.1, 0.15) is 5.82 Å². The lowest BCUT2D eigenvalue weighted by Gasteiger charge is -2.27. The highest BCUT2D eigenvalue weighted by Gasteiger charge is 2.39. The standard InChI is InChI=1S/C18H17F3N4O2/c19-18(20,21)12-6-2-1-5-10(12)11-9-13(26)22-15-14(11)16(27)24-17(23-15)25-7-3-4-8-25/h1-2,5-6,11H,3-4,7-9H2,(H2,22,23,24,26,27). The van der Waals surface area contributed by atoms with Crippen LogP contribution in [0.15, 0.2) is 29.1 Å². The SMILES string of the molecule is O=C1CC(c2ccccc2C(F)(F)F)c2c(nc(N3CCCC3)[nH]c2=O)N1. The highest BCUT2D eigenvalue weighted by Crippen LogP contribution is 2.41. The van der Waals surface area contributed by atoms with Crippen molar-refractivity contribution < 1.29 is 18.0 Å². The molecule has 0 bridgehead atoms. The number of hydrogen-bond donors (Lipinski definition) is 2. The van der Waals surface area contributed by atoms with E-state index in [0.29, 0.717) is 5.95 Å². The zero-order valence-electron chi connectivity index (χ0n) is 14.3. The van der Waals surface area contributed by atoms with E-state index in [4.69, 9.17) is 0 Å². The van der Waals surface area contributed by atoms with Gasteiger partial charge in [0.25, 0.3) is 5.56 Å². The third kappa shape index (κ3) is 3.17. The molecule has 1 fully saturated rings. The van der Waals surface area contributed by atoms with Crippen LogP contribution in [-0.4, -0.2) is 29.0 Å². The van der Waals surface area contributed by atoms with Crippen LogP contribution < -0.4 is 15.8 Å². The zero-order chi connectivity index (χ0) is 19.2. The Morgan fingerprint density at radius 2 is 1.81 bits per heavy atom. The van der Waals surface area contributed by atoms with Crippen LogP contribution in [0.1, 0.15) is 41.9 Å². The van der Waals surface area contributed by atoms with Gasteiger partial charge >= 0.3 is 6.18 Å². The molecule has 2 aliphatic heterocycles. The Balaban J connectivity index is 1.85. The second kappa shape index (κ2) is 6.40. The molecule has 3 heterocycles. The van der Waals surface area contributed by atoms with Gasteiger partial charge in [0.15, 0.2) is 0 Å². The number of rotatable bonds is 2. The summed E-state index contributed by atoms with van der Waals surface area (Å²) in [6.07, 6.45) is -2.89. The summed E-state index contributed by atoms with van der Waals surface area (Å²) in [7, 11) is 0. The molecule has 0 radical (unpaired) electrons. The van der Waals surface area contributed by atoms with E-state index in [2.05, 4.69) is 15.3 Å². The highest BCUT2D eigenvalue weighted by molar-refractivity contribution is 5.94. The number of carbonyl (C=O) groups excluding carboxylic acids is 1. The molecule has 1 atom stereocenters. The number of nitrogens with one attached hydrogen (secondary N) is 2. The van der Waals surface area contributed by atoms with Crippen molar-refractivity contribution in [1.82, 2.24) is 9.97 Å². The lowest BCUT2D eigenvalue weighted by Crippen LogP contribution is -2.34. The normalized spacial score (nSPS) is 19.7. The van der Waals surface area contributed by atoms with Crippen LogP contribution in [0, 0.1) is 0 Å². The van der Waals surface area contributed by atoms with Gasteiger partial charge in [-0.05, 0) is 24.5 Å². The molecule has 4 rings (SSSR count). The van der Waals surface area contributed by atoms with Crippen molar-refractivity contribution in [2.45, 2.75) is 31.4 Å². The van der Waals surface area contributed by atoms with Gasteiger partial charge in [-0.15, -0.1) is 0 Å².